The largest absolute Gasteiger partial charge is 0.301 e. The van der Waals surface area contributed by atoms with Crippen molar-refractivity contribution in [3.8, 4) is 0 Å². The van der Waals surface area contributed by atoms with Crippen molar-refractivity contribution in [1.82, 2.24) is 0 Å². The molecule has 0 aliphatic carbocycles. The molecule has 0 unspecified atom stereocenters. The first-order valence-corrected chi connectivity index (χ1v) is 34.9. The SMILES string of the molecule is [O-][Cl+3]([O-])([O-])[O-].[O-][Cl+3]([O-])([O-])[O-].c1ccc(N(c2ccccc2)c2ccc([C+](c3ccc4cc([C+](c5ccc(N(c6ccccc6)c6ccccc6)s5)c5ccc(N(c6ccccc6)c6ccccc6)s5)ccc4c3)c3ccc(N(c4ccccc4)c4ccccc4)s3)s2)cc1. The topological polar surface area (TPSA) is 197 Å². The molecule has 0 bridgehead atoms. The van der Waals surface area contributed by atoms with Crippen LogP contribution < -0.4 is 56.9 Å². The number of anilines is 12. The first-order valence-electron chi connectivity index (χ1n) is 29.2. The third kappa shape index (κ3) is 16.1. The highest BCUT2D eigenvalue weighted by Crippen LogP contribution is 2.50. The van der Waals surface area contributed by atoms with Crippen molar-refractivity contribution >= 4 is 122 Å². The highest BCUT2D eigenvalue weighted by atomic mass is 35.7. The monoisotopic (exact) mass is 1350 g/mol. The van der Waals surface area contributed by atoms with E-state index in [0.29, 0.717) is 0 Å². The number of rotatable bonds is 18. The maximum absolute atomic E-state index is 8.49. The van der Waals surface area contributed by atoms with Crippen LogP contribution in [-0.4, -0.2) is 0 Å². The van der Waals surface area contributed by atoms with Crippen LogP contribution >= 0.6 is 45.3 Å². The fourth-order valence-corrected chi connectivity index (χ4v) is 15.6. The minimum Gasteiger partial charge on any atom is -0.301 e. The number of fused-ring (bicyclic) bond motifs is 1. The summed E-state index contributed by atoms with van der Waals surface area (Å²) in [6.45, 7) is 0. The van der Waals surface area contributed by atoms with Gasteiger partial charge < -0.3 is 19.6 Å². The first-order chi connectivity index (χ1) is 45.7. The van der Waals surface area contributed by atoms with Gasteiger partial charge in [-0.2, -0.15) is 0 Å². The lowest BCUT2D eigenvalue weighted by molar-refractivity contribution is -2.00. The summed E-state index contributed by atoms with van der Waals surface area (Å²) in [6.07, 6.45) is 0. The van der Waals surface area contributed by atoms with E-state index in [1.807, 2.05) is 45.3 Å². The van der Waals surface area contributed by atoms with E-state index >= 15 is 0 Å². The minimum atomic E-state index is -4.94. The molecule has 0 saturated carbocycles. The molecular weight excluding hydrogens is 1300 g/mol. The average molecular weight is 1350 g/mol. The van der Waals surface area contributed by atoms with Crippen LogP contribution in [0, 0.1) is 32.3 Å². The predicted molar refractivity (Wildman–Crippen MR) is 361 cm³/mol. The normalized spacial score (nSPS) is 11.2. The second kappa shape index (κ2) is 29.6. The smallest absolute Gasteiger partial charge is 0.110 e. The van der Waals surface area contributed by atoms with Crippen LogP contribution in [0.15, 0.2) is 328 Å². The summed E-state index contributed by atoms with van der Waals surface area (Å²) in [6, 6.07) is 118. The number of halogens is 2. The van der Waals surface area contributed by atoms with Crippen molar-refractivity contribution < 1.29 is 57.8 Å². The lowest BCUT2D eigenvalue weighted by atomic mass is 9.90. The van der Waals surface area contributed by atoms with Gasteiger partial charge in [0.15, 0.2) is 0 Å². The molecule has 0 amide bonds. The van der Waals surface area contributed by atoms with Crippen LogP contribution in [-0.2, 0) is 0 Å². The van der Waals surface area contributed by atoms with E-state index in [1.165, 1.54) is 42.1 Å². The number of para-hydroxylation sites is 8. The summed E-state index contributed by atoms with van der Waals surface area (Å²) < 4.78 is 67.9. The lowest BCUT2D eigenvalue weighted by Gasteiger charge is -2.23. The van der Waals surface area contributed by atoms with Gasteiger partial charge in [0, 0.05) is 129 Å². The molecule has 14 aromatic rings. The lowest BCUT2D eigenvalue weighted by Crippen LogP contribution is -2.68. The van der Waals surface area contributed by atoms with Gasteiger partial charge in [-0.25, -0.2) is 37.3 Å². The van der Waals surface area contributed by atoms with E-state index in [2.05, 4.69) is 347 Å². The van der Waals surface area contributed by atoms with E-state index in [-0.39, 0.29) is 0 Å². The summed E-state index contributed by atoms with van der Waals surface area (Å²) in [5, 5.41) is 6.90. The molecule has 464 valence electrons. The zero-order valence-electron chi connectivity index (χ0n) is 49.6. The van der Waals surface area contributed by atoms with Crippen molar-refractivity contribution in [1.29, 1.82) is 0 Å². The van der Waals surface area contributed by atoms with Gasteiger partial charge in [0.2, 0.25) is 0 Å². The second-order valence-corrected chi connectivity index (χ2v) is 26.6. The fraction of sp³-hybridized carbons (Fsp3) is 0. The molecule has 0 aliphatic heterocycles. The van der Waals surface area contributed by atoms with Gasteiger partial charge in [0.1, 0.15) is 39.5 Å². The summed E-state index contributed by atoms with van der Waals surface area (Å²) >= 11 is 7.29. The molecule has 18 heteroatoms. The molecular formula is C76H54Cl2N4O8S4. The molecule has 0 spiro atoms. The van der Waals surface area contributed by atoms with Crippen LogP contribution in [0.3, 0.4) is 0 Å². The number of thiophene rings is 4. The van der Waals surface area contributed by atoms with E-state index < -0.39 is 20.5 Å². The third-order valence-electron chi connectivity index (χ3n) is 14.8. The van der Waals surface area contributed by atoms with Crippen molar-refractivity contribution in [2.45, 2.75) is 0 Å². The highest BCUT2D eigenvalue weighted by molar-refractivity contribution is 7.19. The van der Waals surface area contributed by atoms with Crippen LogP contribution in [0.25, 0.3) is 10.8 Å². The molecule has 12 nitrogen and oxygen atoms in total. The van der Waals surface area contributed by atoms with Crippen LogP contribution in [0.2, 0.25) is 0 Å². The Morgan fingerprint density at radius 2 is 0.383 bits per heavy atom. The Balaban J connectivity index is 0.000000791. The predicted octanol–water partition coefficient (Wildman–Crippen LogP) is 13.5. The van der Waals surface area contributed by atoms with Crippen molar-refractivity contribution in [3.63, 3.8) is 0 Å². The highest BCUT2D eigenvalue weighted by Gasteiger charge is 2.33. The van der Waals surface area contributed by atoms with Gasteiger partial charge in [-0.3, -0.25) is 0 Å². The van der Waals surface area contributed by atoms with Crippen LogP contribution in [0.5, 0.6) is 0 Å². The summed E-state index contributed by atoms with van der Waals surface area (Å²) in [5.74, 6) is 2.39. The van der Waals surface area contributed by atoms with Gasteiger partial charge in [-0.15, -0.1) is 20.5 Å². The number of nitrogens with zero attached hydrogens (tertiary/aromatic N) is 4. The fourth-order valence-electron chi connectivity index (χ4n) is 10.9. The van der Waals surface area contributed by atoms with Crippen molar-refractivity contribution in [2.24, 2.45) is 0 Å². The zero-order valence-corrected chi connectivity index (χ0v) is 54.4. The zero-order chi connectivity index (χ0) is 65.0. The number of benzene rings is 10. The molecule has 0 atom stereocenters. The van der Waals surface area contributed by atoms with E-state index in [0.717, 1.165) is 76.6 Å². The Bertz CT molecular complexity index is 3950. The Hall–Kier alpha value is -9.54. The standard InChI is InChI=1S/C76H54N4S4.2ClHO4/c1-9-25-59(26-10-1)77(60-27-11-2-12-28-60)71-49-45-67(81-71)75(68-46-50-72(82-68)78(61-29-13-3-14-30-61)62-31-15-4-16-32-62)57-43-41-56-54-58(44-42-55(56)53-57)76(69-47-51-73(83-69)79(63-33-17-5-18-34-63)64-35-19-6-20-36-64)70-48-52-74(84-70)80(65-37-21-7-22-38-65)66-39-23-8-24-40-66;2*2-1(3,4)5/h1-54H;2*(H,2,3,4,5)/q+2;;/p-2. The summed E-state index contributed by atoms with van der Waals surface area (Å²) in [4.78, 5) is 14.2. The average Bonchev–Trinajstić information content (AvgIpc) is 1.59. The van der Waals surface area contributed by atoms with Gasteiger partial charge in [-0.1, -0.05) is 191 Å². The number of hydrogen-bond donors (Lipinski definition) is 0. The molecule has 0 saturated heterocycles. The molecule has 4 heterocycles. The Labute approximate surface area is 564 Å². The molecule has 0 radical (unpaired) electrons. The van der Waals surface area contributed by atoms with Crippen LogP contribution in [0.4, 0.5) is 65.5 Å². The van der Waals surface area contributed by atoms with Crippen molar-refractivity contribution in [3.05, 3.63) is 370 Å². The molecule has 10 aromatic carbocycles. The second-order valence-electron chi connectivity index (χ2n) is 20.9. The van der Waals surface area contributed by atoms with Crippen LogP contribution in [0.1, 0.15) is 30.6 Å². The minimum absolute atomic E-state index is 1.11. The van der Waals surface area contributed by atoms with Gasteiger partial charge in [0.05, 0.1) is 23.0 Å². The molecule has 4 aromatic heterocycles. The third-order valence-corrected chi connectivity index (χ3v) is 19.1. The maximum Gasteiger partial charge on any atom is 0.110 e. The van der Waals surface area contributed by atoms with E-state index in [1.54, 1.807) is 0 Å². The Morgan fingerprint density at radius 3 is 0.553 bits per heavy atom. The number of hydrogen-bond acceptors (Lipinski definition) is 16. The summed E-state index contributed by atoms with van der Waals surface area (Å²) in [5.41, 5.74) is 11.2. The first kappa shape index (κ1) is 64.6. The molecule has 14 rings (SSSR count). The molecule has 0 N–H and O–H groups in total. The quantitative estimate of drug-likeness (QED) is 0.0738. The Kier molecular flexibility index (Phi) is 20.3. The van der Waals surface area contributed by atoms with E-state index in [9.17, 15) is 0 Å². The van der Waals surface area contributed by atoms with Crippen molar-refractivity contribution in [2.75, 3.05) is 19.6 Å². The van der Waals surface area contributed by atoms with Gasteiger partial charge in [0.25, 0.3) is 0 Å². The summed E-state index contributed by atoms with van der Waals surface area (Å²) in [7, 11) is -9.89. The van der Waals surface area contributed by atoms with Gasteiger partial charge in [-0.05, 0) is 109 Å². The molecule has 0 aliphatic rings. The van der Waals surface area contributed by atoms with E-state index in [4.69, 9.17) is 37.3 Å². The van der Waals surface area contributed by atoms with Gasteiger partial charge >= 0.3 is 0 Å². The molecule has 94 heavy (non-hydrogen) atoms. The maximum atomic E-state index is 8.49. The molecule has 0 fully saturated rings. The Morgan fingerprint density at radius 1 is 0.213 bits per heavy atom.